The van der Waals surface area contributed by atoms with E-state index in [2.05, 4.69) is 10.2 Å². The Bertz CT molecular complexity index is 556. The maximum Gasteiger partial charge on any atom is 0.269 e. The van der Waals surface area contributed by atoms with Gasteiger partial charge in [0.2, 0.25) is 0 Å². The summed E-state index contributed by atoms with van der Waals surface area (Å²) in [5.74, 6) is -0.777. The molecule has 1 aromatic heterocycles. The lowest BCUT2D eigenvalue weighted by Crippen LogP contribution is -1.98. The maximum atomic E-state index is 10.8. The van der Waals surface area contributed by atoms with Gasteiger partial charge in [-0.2, -0.15) is 0 Å². The summed E-state index contributed by atoms with van der Waals surface area (Å²) in [4.78, 5) is 10.8. The monoisotopic (exact) mass is 240 g/mol. The second-order valence-electron chi connectivity index (χ2n) is 2.87. The third-order valence-electron chi connectivity index (χ3n) is 1.95. The Morgan fingerprint density at radius 2 is 1.73 bits per heavy atom. The minimum Gasteiger partial charge on any atom is -0.267 e. The number of hydrogen-bond acceptors (Lipinski definition) is 3. The van der Waals surface area contributed by atoms with Gasteiger partial charge in [0.05, 0.1) is 0 Å². The van der Waals surface area contributed by atoms with E-state index in [9.17, 15) is 4.79 Å². The van der Waals surface area contributed by atoms with Crippen LogP contribution in [-0.2, 0) is 0 Å². The average Bonchev–Trinajstić information content (AvgIpc) is 2.23. The molecule has 0 aliphatic rings. The minimum atomic E-state index is -0.777. The first-order valence-corrected chi connectivity index (χ1v) is 4.72. The zero-order valence-electron chi connectivity index (χ0n) is 7.29. The Balaban J connectivity index is 2.81. The molecule has 0 saturated heterocycles. The number of aromatic nitrogens is 2. The van der Waals surface area contributed by atoms with Crippen LogP contribution >= 0.6 is 23.2 Å². The van der Waals surface area contributed by atoms with Gasteiger partial charge >= 0.3 is 0 Å². The van der Waals surface area contributed by atoms with Crippen LogP contribution in [-0.4, -0.2) is 16.1 Å². The summed E-state index contributed by atoms with van der Waals surface area (Å²) in [6.45, 7) is 0. The highest BCUT2D eigenvalue weighted by Crippen LogP contribution is 2.26. The van der Waals surface area contributed by atoms with E-state index in [0.717, 1.165) is 0 Å². The maximum absolute atomic E-state index is 10.8. The van der Waals surface area contributed by atoms with Crippen molar-refractivity contribution in [2.75, 3.05) is 0 Å². The van der Waals surface area contributed by atoms with Crippen LogP contribution in [0.1, 0.15) is 10.4 Å². The second-order valence-corrected chi connectivity index (χ2v) is 3.59. The van der Waals surface area contributed by atoms with E-state index in [1.54, 1.807) is 6.07 Å². The van der Waals surface area contributed by atoms with Crippen LogP contribution in [0.25, 0.3) is 10.8 Å². The van der Waals surface area contributed by atoms with E-state index in [1.165, 1.54) is 12.1 Å². The SMILES string of the molecule is [NH]C(=O)c1ccc2c(Cl)nnc(Cl)c2c1. The molecular weight excluding hydrogens is 237 g/mol. The number of amides is 1. The topological polar surface area (TPSA) is 66.7 Å². The highest BCUT2D eigenvalue weighted by atomic mass is 35.5. The highest BCUT2D eigenvalue weighted by Gasteiger charge is 2.09. The number of carbonyl (C=O) groups excluding carboxylic acids is 1. The summed E-state index contributed by atoms with van der Waals surface area (Å²) in [5, 5.41) is 8.77. The Hall–Kier alpha value is -1.39. The van der Waals surface area contributed by atoms with E-state index in [-0.39, 0.29) is 15.9 Å². The molecule has 4 nitrogen and oxygen atoms in total. The van der Waals surface area contributed by atoms with Crippen LogP contribution in [0.2, 0.25) is 10.3 Å². The van der Waals surface area contributed by atoms with Gasteiger partial charge in [-0.15, -0.1) is 10.2 Å². The van der Waals surface area contributed by atoms with Crippen LogP contribution in [0.5, 0.6) is 0 Å². The van der Waals surface area contributed by atoms with Crippen molar-refractivity contribution < 1.29 is 4.79 Å². The van der Waals surface area contributed by atoms with E-state index in [0.29, 0.717) is 10.8 Å². The zero-order chi connectivity index (χ0) is 11.0. The smallest absolute Gasteiger partial charge is 0.267 e. The summed E-state index contributed by atoms with van der Waals surface area (Å²) in [6, 6.07) is 4.58. The van der Waals surface area contributed by atoms with Gasteiger partial charge in [-0.1, -0.05) is 29.3 Å². The lowest BCUT2D eigenvalue weighted by atomic mass is 10.1. The van der Waals surface area contributed by atoms with Crippen molar-refractivity contribution in [3.05, 3.63) is 34.1 Å². The Kier molecular flexibility index (Phi) is 2.46. The molecule has 0 aliphatic carbocycles. The quantitative estimate of drug-likeness (QED) is 0.769. The second kappa shape index (κ2) is 3.64. The zero-order valence-corrected chi connectivity index (χ0v) is 8.80. The van der Waals surface area contributed by atoms with Crippen LogP contribution in [0.3, 0.4) is 0 Å². The lowest BCUT2D eigenvalue weighted by Gasteiger charge is -2.02. The van der Waals surface area contributed by atoms with Gasteiger partial charge in [-0.25, -0.2) is 0 Å². The molecule has 2 aromatic rings. The molecule has 1 aromatic carbocycles. The van der Waals surface area contributed by atoms with Gasteiger partial charge in [0, 0.05) is 16.3 Å². The lowest BCUT2D eigenvalue weighted by molar-refractivity contribution is 0.0992. The van der Waals surface area contributed by atoms with Gasteiger partial charge in [0.25, 0.3) is 5.91 Å². The van der Waals surface area contributed by atoms with Crippen LogP contribution in [0, 0.1) is 0 Å². The number of benzene rings is 1. The molecule has 0 fully saturated rings. The third-order valence-corrected chi connectivity index (χ3v) is 2.51. The fourth-order valence-electron chi connectivity index (χ4n) is 1.23. The Labute approximate surface area is 95.0 Å². The van der Waals surface area contributed by atoms with Crippen molar-refractivity contribution in [3.8, 4) is 0 Å². The van der Waals surface area contributed by atoms with Crippen molar-refractivity contribution in [2.24, 2.45) is 0 Å². The van der Waals surface area contributed by atoms with E-state index >= 15 is 0 Å². The first kappa shape index (κ1) is 10.1. The van der Waals surface area contributed by atoms with Crippen molar-refractivity contribution in [2.45, 2.75) is 0 Å². The fraction of sp³-hybridized carbons (Fsp3) is 0. The molecule has 15 heavy (non-hydrogen) atoms. The average molecular weight is 241 g/mol. The summed E-state index contributed by atoms with van der Waals surface area (Å²) >= 11 is 11.6. The molecule has 75 valence electrons. The molecule has 0 spiro atoms. The molecule has 0 bridgehead atoms. The molecule has 0 atom stereocenters. The number of nitrogens with zero attached hydrogens (tertiary/aromatic N) is 2. The third kappa shape index (κ3) is 1.73. The van der Waals surface area contributed by atoms with Crippen LogP contribution in [0.4, 0.5) is 0 Å². The van der Waals surface area contributed by atoms with Crippen LogP contribution < -0.4 is 5.73 Å². The minimum absolute atomic E-state index is 0.164. The molecule has 1 amide bonds. The molecule has 0 aliphatic heterocycles. The summed E-state index contributed by atoms with van der Waals surface area (Å²) in [6.07, 6.45) is 0. The molecule has 0 saturated carbocycles. The van der Waals surface area contributed by atoms with E-state index in [4.69, 9.17) is 28.9 Å². The number of hydrogen-bond donors (Lipinski definition) is 0. The summed E-state index contributed by atoms with van der Waals surface area (Å²) in [7, 11) is 0. The molecule has 0 unspecified atom stereocenters. The molecule has 2 rings (SSSR count). The normalized spacial score (nSPS) is 10.5. The Morgan fingerprint density at radius 3 is 2.33 bits per heavy atom. The number of rotatable bonds is 1. The molecule has 1 radical (unpaired) electrons. The fourth-order valence-corrected chi connectivity index (χ4v) is 1.63. The predicted molar refractivity (Wildman–Crippen MR) is 57.0 cm³/mol. The van der Waals surface area contributed by atoms with Gasteiger partial charge in [-0.3, -0.25) is 10.5 Å². The van der Waals surface area contributed by atoms with E-state index in [1.807, 2.05) is 0 Å². The summed E-state index contributed by atoms with van der Waals surface area (Å²) in [5.41, 5.74) is 7.21. The summed E-state index contributed by atoms with van der Waals surface area (Å²) < 4.78 is 0. The van der Waals surface area contributed by atoms with Gasteiger partial charge in [-0.05, 0) is 12.1 Å². The number of fused-ring (bicyclic) bond motifs is 1. The van der Waals surface area contributed by atoms with Gasteiger partial charge in [0.15, 0.2) is 10.3 Å². The van der Waals surface area contributed by atoms with Crippen LogP contribution in [0.15, 0.2) is 18.2 Å². The van der Waals surface area contributed by atoms with Crippen molar-refractivity contribution in [3.63, 3.8) is 0 Å². The largest absolute Gasteiger partial charge is 0.269 e. The molecule has 1 heterocycles. The molecule has 1 N–H and O–H groups in total. The van der Waals surface area contributed by atoms with Gasteiger partial charge in [0.1, 0.15) is 0 Å². The number of carbonyl (C=O) groups is 1. The first-order valence-electron chi connectivity index (χ1n) is 3.97. The first-order chi connectivity index (χ1) is 7.09. The van der Waals surface area contributed by atoms with Crippen molar-refractivity contribution >= 4 is 39.9 Å². The molecular formula is C9H4Cl2N3O. The Morgan fingerprint density at radius 1 is 1.13 bits per heavy atom. The van der Waals surface area contributed by atoms with E-state index < -0.39 is 5.91 Å². The standard InChI is InChI=1S/C9H4Cl2N3O/c10-7-5-2-1-4(9(12)15)3-6(5)8(11)14-13-7/h1-3,12H. The number of halogens is 2. The highest BCUT2D eigenvalue weighted by molar-refractivity contribution is 6.38. The number of nitrogens with one attached hydrogen (secondary N) is 1. The van der Waals surface area contributed by atoms with Crippen molar-refractivity contribution in [1.29, 1.82) is 0 Å². The van der Waals surface area contributed by atoms with Crippen molar-refractivity contribution in [1.82, 2.24) is 15.9 Å². The molecule has 6 heteroatoms. The van der Waals surface area contributed by atoms with Gasteiger partial charge < -0.3 is 0 Å². The predicted octanol–water partition coefficient (Wildman–Crippen LogP) is 2.36.